The van der Waals surface area contributed by atoms with Crippen LogP contribution in [-0.2, 0) is 125 Å². The number of aliphatic hydroxyl groups excluding tert-OH is 1. The van der Waals surface area contributed by atoms with Crippen molar-refractivity contribution in [2.24, 2.45) is 17.6 Å². The summed E-state index contributed by atoms with van der Waals surface area (Å²) in [4.78, 5) is 13.0. The minimum atomic E-state index is -0.351. The summed E-state index contributed by atoms with van der Waals surface area (Å²) >= 11 is 5.31. The quantitative estimate of drug-likeness (QED) is 0.0269. The summed E-state index contributed by atoms with van der Waals surface area (Å²) < 4.78 is 117. The first-order valence-electron chi connectivity index (χ1n) is 38.1. The monoisotopic (exact) mass is 1560 g/mol. The molecule has 0 aromatic heterocycles. The number of halogens is 1. The number of nitrogens with one attached hydrogen (secondary N) is 1. The summed E-state index contributed by atoms with van der Waals surface area (Å²) in [5.41, 5.74) is 13.0. The van der Waals surface area contributed by atoms with E-state index in [0.717, 1.165) is 55.6 Å². The van der Waals surface area contributed by atoms with Crippen molar-refractivity contribution in [3.63, 3.8) is 0 Å². The van der Waals surface area contributed by atoms with Crippen LogP contribution in [0.2, 0.25) is 0 Å². The van der Waals surface area contributed by atoms with Gasteiger partial charge in [-0.25, -0.2) is 4.79 Å². The normalized spacial score (nSPS) is 19.0. The van der Waals surface area contributed by atoms with Gasteiger partial charge in [-0.3, -0.25) is 0 Å². The third-order valence-corrected chi connectivity index (χ3v) is 18.7. The van der Waals surface area contributed by atoms with E-state index < -0.39 is 0 Å². The van der Waals surface area contributed by atoms with Gasteiger partial charge in [-0.2, -0.15) is 0 Å². The van der Waals surface area contributed by atoms with E-state index in [-0.39, 0.29) is 76.7 Å². The summed E-state index contributed by atoms with van der Waals surface area (Å²) in [5, 5.41) is 11.7. The van der Waals surface area contributed by atoms with Crippen LogP contribution in [-0.4, -0.2) is 283 Å². The van der Waals surface area contributed by atoms with Crippen molar-refractivity contribution in [1.29, 1.82) is 0 Å². The average molecular weight is 1560 g/mol. The maximum absolute atomic E-state index is 13.0. The molecule has 0 spiro atoms. The first kappa shape index (κ1) is 100. The van der Waals surface area contributed by atoms with Crippen molar-refractivity contribution in [3.8, 4) is 11.5 Å². The van der Waals surface area contributed by atoms with Gasteiger partial charge in [0.2, 0.25) is 0 Å². The minimum absolute atomic E-state index is 0. The number of alkyl halides is 1. The lowest BCUT2D eigenvalue weighted by Gasteiger charge is -2.49. The van der Waals surface area contributed by atoms with Gasteiger partial charge in [0.25, 0.3) is 0 Å². The molecule has 4 N–H and O–H groups in total. The molecule has 0 aliphatic heterocycles. The van der Waals surface area contributed by atoms with Crippen molar-refractivity contribution >= 4 is 17.7 Å². The van der Waals surface area contributed by atoms with Crippen LogP contribution in [0.5, 0.6) is 11.5 Å². The number of amides is 1. The SMILES string of the molecule is C.C.COCCOCCOCCOCCO.COCCOCCOCCOCCOCCl.COCCOCCOCCOCCOCOc1ccc2c(c1)[C@@]1(C)CCCCC[C@@H](C2)[C@@H]1N.COCCOCCOCCOCCOCOc1ccc2c(c1)[C@@]1(C)CCCCC[C@@H](C2)[C@@H]1NC(=O)OCc1ccccc1. The maximum Gasteiger partial charge on any atom is 0.407 e. The van der Waals surface area contributed by atoms with Crippen LogP contribution >= 0.6 is 11.6 Å². The molecule has 7 rings (SSSR count). The second kappa shape index (κ2) is 67.5. The van der Waals surface area contributed by atoms with E-state index >= 15 is 0 Å². The largest absolute Gasteiger partial charge is 0.468 e. The molecule has 3 aromatic rings. The van der Waals surface area contributed by atoms with E-state index in [4.69, 9.17) is 127 Å². The Labute approximate surface area is 652 Å². The molecular weight excluding hydrogens is 1420 g/mol. The Balaban J connectivity index is 0.000000536. The molecule has 3 aromatic carbocycles. The molecule has 0 unspecified atom stereocenters. The van der Waals surface area contributed by atoms with E-state index in [9.17, 15) is 4.79 Å². The van der Waals surface area contributed by atoms with Gasteiger partial charge in [-0.15, -0.1) is 0 Å². The van der Waals surface area contributed by atoms with Gasteiger partial charge >= 0.3 is 6.09 Å². The number of hydrogen-bond acceptors (Lipinski definition) is 25. The zero-order chi connectivity index (χ0) is 75.9. The first-order chi connectivity index (χ1) is 52.1. The van der Waals surface area contributed by atoms with Gasteiger partial charge in [0.05, 0.1) is 211 Å². The first-order valence-corrected chi connectivity index (χ1v) is 38.7. The van der Waals surface area contributed by atoms with E-state index in [1.807, 2.05) is 36.4 Å². The Kier molecular flexibility index (Phi) is 62.5. The predicted molar refractivity (Wildman–Crippen MR) is 417 cm³/mol. The summed E-state index contributed by atoms with van der Waals surface area (Å²) in [6, 6.07) is 23.1. The zero-order valence-electron chi connectivity index (χ0n) is 64.9. The van der Waals surface area contributed by atoms with E-state index in [2.05, 4.69) is 49.5 Å². The molecular formula is C81H141ClN2O24. The highest BCUT2D eigenvalue weighted by molar-refractivity contribution is 6.17. The molecule has 27 heteroatoms. The van der Waals surface area contributed by atoms with E-state index in [1.165, 1.54) is 60.8 Å². The van der Waals surface area contributed by atoms with Gasteiger partial charge < -0.3 is 120 Å². The number of rotatable bonds is 57. The third-order valence-electron chi connectivity index (χ3n) is 18.5. The van der Waals surface area contributed by atoms with Crippen LogP contribution in [0.3, 0.4) is 0 Å². The fourth-order valence-corrected chi connectivity index (χ4v) is 13.0. The topological polar surface area (TPSA) is 278 Å². The highest BCUT2D eigenvalue weighted by Gasteiger charge is 2.47. The maximum atomic E-state index is 13.0. The number of carbonyl (C=O) groups excluding carboxylic acids is 1. The Morgan fingerprint density at radius 2 is 0.778 bits per heavy atom. The number of carbonyl (C=O) groups is 1. The molecule has 4 aliphatic rings. The molecule has 0 heterocycles. The molecule has 626 valence electrons. The second-order valence-electron chi connectivity index (χ2n) is 26.2. The predicted octanol–water partition coefficient (Wildman–Crippen LogP) is 10.7. The Hall–Kier alpha value is -4.02. The molecule has 108 heavy (non-hydrogen) atoms. The minimum Gasteiger partial charge on any atom is -0.468 e. The summed E-state index contributed by atoms with van der Waals surface area (Å²) in [6.07, 6.45) is 13.6. The Bertz CT molecular complexity index is 2520. The highest BCUT2D eigenvalue weighted by Crippen LogP contribution is 2.49. The van der Waals surface area contributed by atoms with Crippen molar-refractivity contribution < 1.29 is 114 Å². The van der Waals surface area contributed by atoms with Crippen molar-refractivity contribution in [2.75, 3.05) is 260 Å². The molecule has 6 atom stereocenters. The molecule has 0 radical (unpaired) electrons. The fourth-order valence-electron chi connectivity index (χ4n) is 12.9. The Morgan fingerprint density at radius 3 is 1.17 bits per heavy atom. The van der Waals surface area contributed by atoms with Crippen LogP contribution in [0.1, 0.15) is 121 Å². The molecule has 26 nitrogen and oxygen atoms in total. The fraction of sp³-hybridized carbons (Fsp3) is 0.765. The molecule has 2 fully saturated rings. The molecule has 2 saturated carbocycles. The summed E-state index contributed by atoms with van der Waals surface area (Å²) in [7, 11) is 6.59. The third kappa shape index (κ3) is 44.4. The standard InChI is InChI=1S/C34H49NO8.C26H43NO6.C10H21ClO5.C9H20O5.2CH4/c1-34-14-8-4-7-11-29(32(34)35-33(36)42-25-27-9-5-3-6-10-27)23-28-12-13-30(24-31(28)34)43-26-41-22-21-40-20-19-39-18-17-38-16-15-37-2;1-26-9-5-3-4-6-22(25(26)27)18-21-7-8-23(19-24(21)26)33-20-32-17-16-31-15-14-30-13-12-29-11-10-28-2;1-12-2-3-13-4-5-14-6-7-15-8-9-16-10-11;1-11-4-5-13-8-9-14-7-6-12-3-2-10;;/h3,5-6,9-10,12-13,24,29,32H,4,7-8,11,14-23,25-26H2,1-2H3,(H,35,36);7-8,19,22,25H,3-6,9-18,20,27H2,1-2H3;2-10H2,1H3;10H,2-9H2,1H3;2*1H4/t29-,32-,34+;22-,25-,26+;;;;/m00..../s1. The second-order valence-corrected chi connectivity index (χ2v) is 26.4. The smallest absolute Gasteiger partial charge is 0.407 e. The molecule has 4 bridgehead atoms. The highest BCUT2D eigenvalue weighted by atomic mass is 35.5. The zero-order valence-corrected chi connectivity index (χ0v) is 65.6. The number of benzene rings is 3. The summed E-state index contributed by atoms with van der Waals surface area (Å²) in [6.45, 7) is 22.2. The summed E-state index contributed by atoms with van der Waals surface area (Å²) in [5.74, 6) is 2.59. The Morgan fingerprint density at radius 1 is 0.435 bits per heavy atom. The van der Waals surface area contributed by atoms with Gasteiger partial charge in [0.1, 0.15) is 24.2 Å². The van der Waals surface area contributed by atoms with Crippen molar-refractivity contribution in [1.82, 2.24) is 5.32 Å². The van der Waals surface area contributed by atoms with Crippen LogP contribution in [0.25, 0.3) is 0 Å². The molecule has 1 amide bonds. The number of alkyl carbamates (subject to hydrolysis) is 1. The van der Waals surface area contributed by atoms with E-state index in [1.54, 1.807) is 28.4 Å². The number of aliphatic hydroxyl groups is 1. The van der Waals surface area contributed by atoms with Gasteiger partial charge in [-0.1, -0.05) is 121 Å². The van der Waals surface area contributed by atoms with Gasteiger partial charge in [0, 0.05) is 51.4 Å². The van der Waals surface area contributed by atoms with Crippen LogP contribution in [0.4, 0.5) is 4.79 Å². The van der Waals surface area contributed by atoms with Crippen molar-refractivity contribution in [2.45, 2.75) is 135 Å². The number of hydrogen-bond donors (Lipinski definition) is 3. The average Bonchev–Trinajstić information content (AvgIpc) is 0.753. The van der Waals surface area contributed by atoms with Gasteiger partial charge in [0.15, 0.2) is 13.6 Å². The number of nitrogens with two attached hydrogens (primary N) is 1. The number of ether oxygens (including phenoxy) is 22. The number of methoxy groups -OCH3 is 4. The van der Waals surface area contributed by atoms with Crippen LogP contribution < -0.4 is 20.5 Å². The molecule has 0 saturated heterocycles. The molecule has 4 aliphatic carbocycles. The lowest BCUT2D eigenvalue weighted by atomic mass is 9.59. The van der Waals surface area contributed by atoms with Crippen molar-refractivity contribution in [3.05, 3.63) is 94.5 Å². The van der Waals surface area contributed by atoms with Crippen LogP contribution in [0, 0.1) is 11.8 Å². The van der Waals surface area contributed by atoms with Gasteiger partial charge in [-0.05, 0) is 102 Å². The van der Waals surface area contributed by atoms with Crippen LogP contribution in [0.15, 0.2) is 66.7 Å². The lowest BCUT2D eigenvalue weighted by Crippen LogP contribution is -2.57. The number of fused-ring (bicyclic) bond motifs is 8. The van der Waals surface area contributed by atoms with E-state index in [0.29, 0.717) is 217 Å². The lowest BCUT2D eigenvalue weighted by molar-refractivity contribution is -0.0320.